The summed E-state index contributed by atoms with van der Waals surface area (Å²) >= 11 is 0. The predicted octanol–water partition coefficient (Wildman–Crippen LogP) is 5.07. The van der Waals surface area contributed by atoms with Gasteiger partial charge in [-0.25, -0.2) is 9.37 Å². The summed E-state index contributed by atoms with van der Waals surface area (Å²) in [5, 5.41) is 19.6. The number of nitriles is 2. The molecule has 2 aromatic heterocycles. The van der Waals surface area contributed by atoms with Gasteiger partial charge in [-0.3, -0.25) is 9.69 Å². The van der Waals surface area contributed by atoms with E-state index in [1.165, 1.54) is 22.3 Å². The number of hydrogen-bond acceptors (Lipinski definition) is 6. The number of anilines is 1. The van der Waals surface area contributed by atoms with E-state index < -0.39 is 0 Å². The molecule has 5 rings (SSSR count). The van der Waals surface area contributed by atoms with Gasteiger partial charge >= 0.3 is 0 Å². The van der Waals surface area contributed by atoms with Crippen LogP contribution in [-0.2, 0) is 13.5 Å². The first-order valence-electron chi connectivity index (χ1n) is 13.5. The van der Waals surface area contributed by atoms with Crippen molar-refractivity contribution in [1.82, 2.24) is 14.5 Å². The molecule has 0 bridgehead atoms. The predicted molar refractivity (Wildman–Crippen MR) is 153 cm³/mol. The van der Waals surface area contributed by atoms with Crippen LogP contribution in [0.2, 0.25) is 0 Å². The minimum atomic E-state index is -0.390. The van der Waals surface area contributed by atoms with Gasteiger partial charge in [-0.1, -0.05) is 43.3 Å². The lowest BCUT2D eigenvalue weighted by atomic mass is 9.92. The van der Waals surface area contributed by atoms with E-state index in [0.717, 1.165) is 17.5 Å². The fourth-order valence-electron chi connectivity index (χ4n) is 5.82. The second kappa shape index (κ2) is 10.9. The smallest absolute Gasteiger partial charge is 0.270 e. The summed E-state index contributed by atoms with van der Waals surface area (Å²) in [6.07, 6.45) is 0.945. The number of hydrogen-bond donors (Lipinski definition) is 0. The van der Waals surface area contributed by atoms with Crippen molar-refractivity contribution in [3.63, 3.8) is 0 Å². The maximum absolute atomic E-state index is 13.9. The number of pyridine rings is 2. The minimum Gasteiger partial charge on any atom is -0.363 e. The lowest BCUT2D eigenvalue weighted by Gasteiger charge is -2.48. The van der Waals surface area contributed by atoms with Gasteiger partial charge < -0.3 is 9.47 Å². The zero-order valence-electron chi connectivity index (χ0n) is 23.1. The van der Waals surface area contributed by atoms with Crippen LogP contribution in [0.1, 0.15) is 54.8 Å². The summed E-state index contributed by atoms with van der Waals surface area (Å²) in [6.45, 7) is 7.47. The van der Waals surface area contributed by atoms with Crippen LogP contribution in [0.3, 0.4) is 0 Å². The molecule has 3 heterocycles. The largest absolute Gasteiger partial charge is 0.363 e. The Morgan fingerprint density at radius 1 is 0.950 bits per heavy atom. The molecule has 2 aromatic carbocycles. The molecule has 0 amide bonds. The number of aromatic nitrogens is 2. The zero-order valence-corrected chi connectivity index (χ0v) is 23.1. The van der Waals surface area contributed by atoms with Crippen LogP contribution in [0.15, 0.2) is 65.5 Å². The van der Waals surface area contributed by atoms with Gasteiger partial charge in [0.05, 0.1) is 17.2 Å². The number of rotatable bonds is 5. The molecule has 0 N–H and O–H groups in total. The van der Waals surface area contributed by atoms with Crippen molar-refractivity contribution >= 4 is 16.7 Å². The first-order chi connectivity index (χ1) is 19.3. The van der Waals surface area contributed by atoms with Crippen LogP contribution >= 0.6 is 0 Å². The van der Waals surface area contributed by atoms with Crippen molar-refractivity contribution in [1.29, 1.82) is 10.5 Å². The second-order valence-electron chi connectivity index (χ2n) is 10.5. The Hall–Kier alpha value is -4.53. The Kier molecular flexibility index (Phi) is 7.38. The highest BCUT2D eigenvalue weighted by molar-refractivity contribution is 5.92. The van der Waals surface area contributed by atoms with Crippen LogP contribution in [0.5, 0.6) is 0 Å². The Morgan fingerprint density at radius 2 is 1.60 bits per heavy atom. The molecule has 1 saturated heterocycles. The molecule has 0 saturated carbocycles. The van der Waals surface area contributed by atoms with E-state index in [1.54, 1.807) is 19.2 Å². The van der Waals surface area contributed by atoms with Gasteiger partial charge in [0.1, 0.15) is 34.7 Å². The Morgan fingerprint density at radius 3 is 2.20 bits per heavy atom. The van der Waals surface area contributed by atoms with Gasteiger partial charge in [0.2, 0.25) is 0 Å². The molecule has 0 spiro atoms. The highest BCUT2D eigenvalue weighted by Crippen LogP contribution is 2.37. The summed E-state index contributed by atoms with van der Waals surface area (Å²) in [4.78, 5) is 22.3. The monoisotopic (exact) mass is 534 g/mol. The van der Waals surface area contributed by atoms with Crippen LogP contribution in [0.4, 0.5) is 10.1 Å². The fourth-order valence-corrected chi connectivity index (χ4v) is 5.82. The number of nitrogens with zero attached hydrogens (tertiary/aromatic N) is 6. The molecule has 8 heteroatoms. The average molecular weight is 535 g/mol. The highest BCUT2D eigenvalue weighted by Gasteiger charge is 2.37. The standard InChI is InChI=1S/C32H31FN6O/c1-5-22-6-8-23(9-7-22)30(24-10-12-25(33)13-11-24)38-18-21(3)39(19-20(38)2)31-27(17-35)32(40)37(4)28-15-14-26(16-34)36-29(28)31/h6-15,20-21,30H,5,18-19H2,1-4H3/t20-,21+,30?/m1/s1. The molecule has 202 valence electrons. The van der Waals surface area contributed by atoms with E-state index >= 15 is 0 Å². The van der Waals surface area contributed by atoms with E-state index in [9.17, 15) is 19.7 Å². The molecule has 3 atom stereocenters. The minimum absolute atomic E-state index is 0.00176. The third-order valence-corrected chi connectivity index (χ3v) is 7.98. The van der Waals surface area contributed by atoms with Gasteiger partial charge in [0, 0.05) is 32.2 Å². The van der Waals surface area contributed by atoms with Crippen molar-refractivity contribution in [3.8, 4) is 12.1 Å². The Balaban J connectivity index is 1.60. The van der Waals surface area contributed by atoms with Crippen LogP contribution in [0, 0.1) is 28.5 Å². The van der Waals surface area contributed by atoms with Crippen molar-refractivity contribution in [3.05, 3.63) is 105 Å². The summed E-state index contributed by atoms with van der Waals surface area (Å²) < 4.78 is 15.3. The normalized spacial score (nSPS) is 18.3. The molecule has 1 aliphatic heterocycles. The Labute approximate surface area is 233 Å². The average Bonchev–Trinajstić information content (AvgIpc) is 2.97. The third-order valence-electron chi connectivity index (χ3n) is 7.98. The quantitative estimate of drug-likeness (QED) is 0.355. The van der Waals surface area contributed by atoms with Crippen molar-refractivity contribution in [2.24, 2.45) is 7.05 Å². The summed E-state index contributed by atoms with van der Waals surface area (Å²) in [7, 11) is 1.62. The number of fused-ring (bicyclic) bond motifs is 1. The van der Waals surface area contributed by atoms with E-state index in [2.05, 4.69) is 72.0 Å². The molecular weight excluding hydrogens is 503 g/mol. The van der Waals surface area contributed by atoms with Gasteiger partial charge in [-0.15, -0.1) is 0 Å². The highest BCUT2D eigenvalue weighted by atomic mass is 19.1. The summed E-state index contributed by atoms with van der Waals surface area (Å²) in [5.74, 6) is -0.277. The molecule has 0 aliphatic carbocycles. The van der Waals surface area contributed by atoms with E-state index in [4.69, 9.17) is 0 Å². The first kappa shape index (κ1) is 27.1. The number of aryl methyl sites for hydroxylation is 2. The second-order valence-corrected chi connectivity index (χ2v) is 10.5. The fraction of sp³-hybridized carbons (Fsp3) is 0.312. The number of benzene rings is 2. The number of piperazine rings is 1. The van der Waals surface area contributed by atoms with E-state index in [-0.39, 0.29) is 40.8 Å². The van der Waals surface area contributed by atoms with Crippen molar-refractivity contribution < 1.29 is 4.39 Å². The van der Waals surface area contributed by atoms with Gasteiger partial charge in [0.15, 0.2) is 0 Å². The molecule has 0 radical (unpaired) electrons. The van der Waals surface area contributed by atoms with Gasteiger partial charge in [-0.05, 0) is 61.2 Å². The van der Waals surface area contributed by atoms with Crippen LogP contribution < -0.4 is 10.5 Å². The topological polar surface area (TPSA) is 89.0 Å². The van der Waals surface area contributed by atoms with Gasteiger partial charge in [0.25, 0.3) is 5.56 Å². The lowest BCUT2D eigenvalue weighted by Crippen LogP contribution is -2.58. The zero-order chi connectivity index (χ0) is 28.6. The van der Waals surface area contributed by atoms with Gasteiger partial charge in [-0.2, -0.15) is 10.5 Å². The summed E-state index contributed by atoms with van der Waals surface area (Å²) in [6, 6.07) is 22.5. The Bertz CT molecular complexity index is 1700. The molecule has 1 unspecified atom stereocenters. The van der Waals surface area contributed by atoms with E-state index in [1.807, 2.05) is 12.1 Å². The molecule has 4 aromatic rings. The maximum Gasteiger partial charge on any atom is 0.270 e. The molecular formula is C32H31FN6O. The van der Waals surface area contributed by atoms with E-state index in [0.29, 0.717) is 29.8 Å². The first-order valence-corrected chi connectivity index (χ1v) is 13.5. The lowest BCUT2D eigenvalue weighted by molar-refractivity contribution is 0.130. The molecule has 1 fully saturated rings. The van der Waals surface area contributed by atoms with Crippen molar-refractivity contribution in [2.75, 3.05) is 18.0 Å². The maximum atomic E-state index is 13.9. The molecule has 40 heavy (non-hydrogen) atoms. The molecule has 1 aliphatic rings. The molecule has 7 nitrogen and oxygen atoms in total. The number of halogens is 1. The van der Waals surface area contributed by atoms with Crippen LogP contribution in [-0.4, -0.2) is 39.6 Å². The van der Waals surface area contributed by atoms with Crippen LogP contribution in [0.25, 0.3) is 11.0 Å². The SMILES string of the molecule is CCc1ccc(C(c2ccc(F)cc2)N2C[C@H](C)N(c3c(C#N)c(=O)n(C)c4ccc(C#N)nc34)C[C@H]2C)cc1. The van der Waals surface area contributed by atoms with Crippen molar-refractivity contribution in [2.45, 2.75) is 45.3 Å². The third kappa shape index (κ3) is 4.72. The summed E-state index contributed by atoms with van der Waals surface area (Å²) in [5.41, 5.74) is 4.73.